The van der Waals surface area contributed by atoms with Gasteiger partial charge in [0.15, 0.2) is 11.5 Å². The number of nitriles is 1. The van der Waals surface area contributed by atoms with Crippen LogP contribution in [0.2, 0.25) is 5.02 Å². The molecule has 2 aromatic rings. The molecule has 0 atom stereocenters. The molecule has 0 spiro atoms. The number of hydrogen-bond donors (Lipinski definition) is 1. The highest BCUT2D eigenvalue weighted by molar-refractivity contribution is 6.31. The third-order valence-corrected chi connectivity index (χ3v) is 3.64. The first kappa shape index (κ1) is 18.3. The molecule has 0 amide bonds. The van der Waals surface area contributed by atoms with Crippen molar-refractivity contribution in [1.29, 1.82) is 5.26 Å². The minimum atomic E-state index is -1.32. The third kappa shape index (κ3) is 4.49. The smallest absolute Gasteiger partial charge is 0.346 e. The molecule has 0 saturated heterocycles. The van der Waals surface area contributed by atoms with Crippen molar-refractivity contribution in [2.45, 2.75) is 6.61 Å². The molecule has 0 radical (unpaired) electrons. The maximum Gasteiger partial charge on any atom is 0.346 e. The Balaban J connectivity index is 2.26. The molecule has 0 saturated carbocycles. The number of benzene rings is 2. The van der Waals surface area contributed by atoms with Gasteiger partial charge in [0.25, 0.3) is 0 Å². The second kappa shape index (κ2) is 8.18. The lowest BCUT2D eigenvalue weighted by atomic mass is 10.1. The molecule has 0 fully saturated rings. The Hall–Kier alpha value is -3.04. The van der Waals surface area contributed by atoms with Crippen LogP contribution < -0.4 is 9.47 Å². The molecule has 25 heavy (non-hydrogen) atoms. The first-order valence-corrected chi connectivity index (χ1v) is 7.43. The van der Waals surface area contributed by atoms with Crippen LogP contribution in [0.3, 0.4) is 0 Å². The maximum absolute atomic E-state index is 13.8. The number of carboxylic acid groups (broad SMARTS) is 1. The van der Waals surface area contributed by atoms with Gasteiger partial charge in [0.05, 0.1) is 12.1 Å². The molecule has 0 aromatic heterocycles. The molecule has 0 aliphatic carbocycles. The van der Waals surface area contributed by atoms with E-state index < -0.39 is 17.4 Å². The van der Waals surface area contributed by atoms with Crippen LogP contribution in [0.4, 0.5) is 4.39 Å². The van der Waals surface area contributed by atoms with Crippen molar-refractivity contribution in [1.82, 2.24) is 0 Å². The van der Waals surface area contributed by atoms with Gasteiger partial charge in [-0.15, -0.1) is 0 Å². The number of ether oxygens (including phenoxy) is 2. The van der Waals surface area contributed by atoms with Crippen molar-refractivity contribution < 1.29 is 23.8 Å². The lowest BCUT2D eigenvalue weighted by Gasteiger charge is -2.12. The molecular weight excluding hydrogens is 349 g/mol. The van der Waals surface area contributed by atoms with Gasteiger partial charge in [0, 0.05) is 5.56 Å². The fourth-order valence-corrected chi connectivity index (χ4v) is 2.24. The van der Waals surface area contributed by atoms with Crippen LogP contribution in [0.1, 0.15) is 11.1 Å². The van der Waals surface area contributed by atoms with Gasteiger partial charge in [0.1, 0.15) is 24.1 Å². The van der Waals surface area contributed by atoms with Crippen LogP contribution in [0.25, 0.3) is 6.08 Å². The van der Waals surface area contributed by atoms with E-state index in [0.29, 0.717) is 17.1 Å². The number of carboxylic acids is 1. The summed E-state index contributed by atoms with van der Waals surface area (Å²) in [6.45, 7) is -0.102. The summed E-state index contributed by atoms with van der Waals surface area (Å²) in [4.78, 5) is 10.9. The first-order chi connectivity index (χ1) is 12.0. The Kier molecular flexibility index (Phi) is 5.98. The number of hydrogen-bond acceptors (Lipinski definition) is 4. The number of carbonyl (C=O) groups is 1. The van der Waals surface area contributed by atoms with E-state index in [2.05, 4.69) is 0 Å². The lowest BCUT2D eigenvalue weighted by Crippen LogP contribution is -2.01. The zero-order chi connectivity index (χ0) is 18.4. The van der Waals surface area contributed by atoms with Gasteiger partial charge < -0.3 is 14.6 Å². The minimum absolute atomic E-state index is 0.102. The monoisotopic (exact) mass is 361 g/mol. The molecule has 0 unspecified atom stereocenters. The Bertz CT molecular complexity index is 854. The van der Waals surface area contributed by atoms with E-state index in [1.807, 2.05) is 0 Å². The van der Waals surface area contributed by atoms with Crippen LogP contribution in [0, 0.1) is 17.1 Å². The zero-order valence-electron chi connectivity index (χ0n) is 13.1. The summed E-state index contributed by atoms with van der Waals surface area (Å²) in [7, 11) is 1.41. The largest absolute Gasteiger partial charge is 0.493 e. The number of halogens is 2. The van der Waals surface area contributed by atoms with Crippen molar-refractivity contribution in [3.05, 3.63) is 63.9 Å². The number of methoxy groups -OCH3 is 1. The summed E-state index contributed by atoms with van der Waals surface area (Å²) in [5, 5.41) is 17.9. The average molecular weight is 362 g/mol. The van der Waals surface area contributed by atoms with E-state index in [-0.39, 0.29) is 17.2 Å². The Morgan fingerprint density at radius 1 is 1.36 bits per heavy atom. The Morgan fingerprint density at radius 3 is 2.72 bits per heavy atom. The predicted molar refractivity (Wildman–Crippen MR) is 90.0 cm³/mol. The Labute approximate surface area is 148 Å². The van der Waals surface area contributed by atoms with E-state index in [9.17, 15) is 9.18 Å². The van der Waals surface area contributed by atoms with Gasteiger partial charge in [0.2, 0.25) is 0 Å². The normalized spacial score (nSPS) is 10.9. The number of rotatable bonds is 6. The van der Waals surface area contributed by atoms with E-state index in [1.54, 1.807) is 18.2 Å². The van der Waals surface area contributed by atoms with E-state index in [1.165, 1.54) is 37.5 Å². The molecule has 0 bridgehead atoms. The van der Waals surface area contributed by atoms with Crippen LogP contribution in [-0.2, 0) is 11.4 Å². The minimum Gasteiger partial charge on any atom is -0.493 e. The van der Waals surface area contributed by atoms with Gasteiger partial charge in [-0.1, -0.05) is 23.7 Å². The number of nitrogens with zero attached hydrogens (tertiary/aromatic N) is 1. The highest BCUT2D eigenvalue weighted by atomic mass is 35.5. The summed E-state index contributed by atoms with van der Waals surface area (Å²) in [6, 6.07) is 10.5. The van der Waals surface area contributed by atoms with Crippen molar-refractivity contribution in [2.75, 3.05) is 7.11 Å². The molecule has 2 rings (SSSR count). The maximum atomic E-state index is 13.8. The summed E-state index contributed by atoms with van der Waals surface area (Å²) in [5.74, 6) is -1.17. The predicted octanol–water partition coefficient (Wildman–Crippen LogP) is 4.06. The summed E-state index contributed by atoms with van der Waals surface area (Å²) in [6.07, 6.45) is 1.21. The third-order valence-electron chi connectivity index (χ3n) is 3.28. The summed E-state index contributed by atoms with van der Waals surface area (Å²) >= 11 is 5.95. The molecule has 1 N–H and O–H groups in total. The second-order valence-electron chi connectivity index (χ2n) is 4.87. The van der Waals surface area contributed by atoms with Gasteiger partial charge in [-0.3, -0.25) is 0 Å². The Morgan fingerprint density at radius 2 is 2.12 bits per heavy atom. The molecular formula is C18H13ClFNO4. The lowest BCUT2D eigenvalue weighted by molar-refractivity contribution is -0.132. The fraction of sp³-hybridized carbons (Fsp3) is 0.111. The van der Waals surface area contributed by atoms with Crippen molar-refractivity contribution >= 4 is 23.6 Å². The molecule has 7 heteroatoms. The summed E-state index contributed by atoms with van der Waals surface area (Å²) in [5.41, 5.74) is 0.258. The van der Waals surface area contributed by atoms with Crippen molar-refractivity contribution in [2.24, 2.45) is 0 Å². The van der Waals surface area contributed by atoms with E-state index in [4.69, 9.17) is 31.4 Å². The highest BCUT2D eigenvalue weighted by Gasteiger charge is 2.12. The molecule has 5 nitrogen and oxygen atoms in total. The van der Waals surface area contributed by atoms with Crippen LogP contribution >= 0.6 is 11.6 Å². The topological polar surface area (TPSA) is 79.5 Å². The second-order valence-corrected chi connectivity index (χ2v) is 5.28. The van der Waals surface area contributed by atoms with E-state index in [0.717, 1.165) is 0 Å². The molecule has 0 aliphatic heterocycles. The van der Waals surface area contributed by atoms with Gasteiger partial charge >= 0.3 is 5.97 Å². The zero-order valence-corrected chi connectivity index (χ0v) is 13.9. The fourth-order valence-electron chi connectivity index (χ4n) is 2.02. The number of aliphatic carboxylic acids is 1. The standard InChI is InChI=1S/C18H13ClFNO4/c1-24-17-8-11(7-12(9-21)18(22)23)5-6-16(17)25-10-13-14(19)3-2-4-15(13)20/h2-8H,10H2,1H3,(H,22,23). The summed E-state index contributed by atoms with van der Waals surface area (Å²) < 4.78 is 24.5. The van der Waals surface area contributed by atoms with Crippen LogP contribution in [-0.4, -0.2) is 18.2 Å². The molecule has 0 heterocycles. The average Bonchev–Trinajstić information content (AvgIpc) is 2.59. The van der Waals surface area contributed by atoms with Gasteiger partial charge in [-0.2, -0.15) is 5.26 Å². The SMILES string of the molecule is COc1cc(C=C(C#N)C(=O)O)ccc1OCc1c(F)cccc1Cl. The van der Waals surface area contributed by atoms with Crippen molar-refractivity contribution in [3.63, 3.8) is 0 Å². The first-order valence-electron chi connectivity index (χ1n) is 7.05. The van der Waals surface area contributed by atoms with Gasteiger partial charge in [-0.05, 0) is 35.9 Å². The molecule has 0 aliphatic rings. The molecule has 2 aromatic carbocycles. The highest BCUT2D eigenvalue weighted by Crippen LogP contribution is 2.30. The van der Waals surface area contributed by atoms with Crippen molar-refractivity contribution in [3.8, 4) is 17.6 Å². The van der Waals surface area contributed by atoms with Crippen LogP contribution in [0.15, 0.2) is 42.0 Å². The van der Waals surface area contributed by atoms with E-state index >= 15 is 0 Å². The quantitative estimate of drug-likeness (QED) is 0.620. The van der Waals surface area contributed by atoms with Crippen LogP contribution in [0.5, 0.6) is 11.5 Å². The molecule has 128 valence electrons. The van der Waals surface area contributed by atoms with Gasteiger partial charge in [-0.25, -0.2) is 9.18 Å².